The summed E-state index contributed by atoms with van der Waals surface area (Å²) in [4.78, 5) is 24.4. The normalized spacial score (nSPS) is 19.8. The number of hydrogen-bond acceptors (Lipinski definition) is 13. The lowest BCUT2D eigenvalue weighted by atomic mass is 10.0. The van der Waals surface area contributed by atoms with Crippen LogP contribution in [0.5, 0.6) is 0 Å². The zero-order valence-electron chi connectivity index (χ0n) is 52.2. The van der Waals surface area contributed by atoms with Crippen molar-refractivity contribution in [1.82, 2.24) is 26.6 Å². The predicted molar refractivity (Wildman–Crippen MR) is 333 cm³/mol. The fourth-order valence-corrected chi connectivity index (χ4v) is 9.98. The fourth-order valence-electron chi connectivity index (χ4n) is 9.98. The Morgan fingerprint density at radius 3 is 1.19 bits per heavy atom. The van der Waals surface area contributed by atoms with Crippen LogP contribution in [0.3, 0.4) is 0 Å². The summed E-state index contributed by atoms with van der Waals surface area (Å²) >= 11 is 0. The molecule has 0 aromatic heterocycles. The third-order valence-electron chi connectivity index (χ3n) is 15.2. The number of rotatable bonds is 28. The standard InChI is InChI=1S/C65H132N6O9/c66-43-38-46-67-44-31-32-45-68-47-39-49-71-65(73)41-40-64(72)70-48-30-24-18-12-11-17-23-29-37-56-80-63-42-57-74-52-33-25-19-13-7-3-1-5-9-15-21-27-35-54-76-61-78-58-50-69-51-59-79-62-77-55-36-28-22-16-10-6-2-4-8-14-20-26-34-53-75-60-63/h63,67-69H,1-62,66H2,(H,70,72)(H,71,73). The van der Waals surface area contributed by atoms with Crippen molar-refractivity contribution in [2.75, 3.05) is 132 Å². The Balaban J connectivity index is 2.18. The van der Waals surface area contributed by atoms with Gasteiger partial charge in [-0.25, -0.2) is 0 Å². The molecular formula is C65H132N6O9. The van der Waals surface area contributed by atoms with E-state index in [0.717, 1.165) is 163 Å². The van der Waals surface area contributed by atoms with Crippen molar-refractivity contribution in [3.63, 3.8) is 0 Å². The van der Waals surface area contributed by atoms with E-state index in [2.05, 4.69) is 26.6 Å². The number of carbonyl (C=O) groups is 2. The van der Waals surface area contributed by atoms with E-state index >= 15 is 0 Å². The van der Waals surface area contributed by atoms with Crippen LogP contribution in [0.4, 0.5) is 0 Å². The maximum Gasteiger partial charge on any atom is 0.220 e. The van der Waals surface area contributed by atoms with E-state index in [1.165, 1.54) is 180 Å². The van der Waals surface area contributed by atoms with Gasteiger partial charge in [-0.1, -0.05) is 186 Å². The van der Waals surface area contributed by atoms with E-state index < -0.39 is 0 Å². The summed E-state index contributed by atoms with van der Waals surface area (Å²) in [5.74, 6) is -0.0721. The zero-order valence-corrected chi connectivity index (χ0v) is 52.2. The van der Waals surface area contributed by atoms with Gasteiger partial charge in [-0.2, -0.15) is 0 Å². The van der Waals surface area contributed by atoms with Gasteiger partial charge < -0.3 is 65.5 Å². The summed E-state index contributed by atoms with van der Waals surface area (Å²) < 4.78 is 41.3. The molecule has 15 heteroatoms. The molecule has 476 valence electrons. The van der Waals surface area contributed by atoms with E-state index in [0.29, 0.717) is 46.5 Å². The van der Waals surface area contributed by atoms with Gasteiger partial charge in [-0.3, -0.25) is 9.59 Å². The van der Waals surface area contributed by atoms with Gasteiger partial charge in [0.1, 0.15) is 13.6 Å². The first-order chi connectivity index (χ1) is 39.7. The Kier molecular flexibility index (Phi) is 65.3. The van der Waals surface area contributed by atoms with E-state index in [1.807, 2.05) is 0 Å². The molecule has 1 unspecified atom stereocenters. The Labute approximate surface area is 492 Å². The Hall–Kier alpha value is -1.50. The van der Waals surface area contributed by atoms with Crippen molar-refractivity contribution in [2.24, 2.45) is 5.73 Å². The van der Waals surface area contributed by atoms with Gasteiger partial charge in [0.15, 0.2) is 0 Å². The Morgan fingerprint density at radius 2 is 0.725 bits per heavy atom. The highest BCUT2D eigenvalue weighted by Gasteiger charge is 2.11. The number of hydrogen-bond donors (Lipinski definition) is 6. The molecule has 1 atom stereocenters. The Bertz CT molecular complexity index is 1170. The number of nitrogens with one attached hydrogen (secondary N) is 5. The van der Waals surface area contributed by atoms with Crippen LogP contribution in [0.2, 0.25) is 0 Å². The molecule has 1 saturated heterocycles. The molecule has 1 aliphatic heterocycles. The minimum absolute atomic E-state index is 0.0275. The average molecular weight is 1140 g/mol. The molecule has 0 spiro atoms. The van der Waals surface area contributed by atoms with Gasteiger partial charge in [0.25, 0.3) is 0 Å². The predicted octanol–water partition coefficient (Wildman–Crippen LogP) is 12.7. The first-order valence-corrected chi connectivity index (χ1v) is 34.2. The SMILES string of the molecule is NCCCNCCCCNCCCNC(=O)CCC(=O)NCCCCCCCCCCCOC1CCOCCCCCCCCCCCCCCCOCOCCNCCOCOCCCCCCCCCCCCCCCOC1. The second kappa shape index (κ2) is 68.3. The van der Waals surface area contributed by atoms with Crippen molar-refractivity contribution < 1.29 is 42.7 Å². The summed E-state index contributed by atoms with van der Waals surface area (Å²) in [6.45, 7) is 15.2. The van der Waals surface area contributed by atoms with Crippen LogP contribution in [0.1, 0.15) is 270 Å². The molecule has 15 nitrogen and oxygen atoms in total. The van der Waals surface area contributed by atoms with E-state index in [1.54, 1.807) is 0 Å². The molecule has 1 rings (SSSR count). The molecule has 7 N–H and O–H groups in total. The summed E-state index contributed by atoms with van der Waals surface area (Å²) in [6, 6.07) is 0. The third kappa shape index (κ3) is 64.1. The zero-order chi connectivity index (χ0) is 57.1. The maximum atomic E-state index is 12.3. The average Bonchev–Trinajstić information content (AvgIpc) is 3.46. The first kappa shape index (κ1) is 76.5. The fraction of sp³-hybridized carbons (Fsp3) is 0.969. The molecule has 80 heavy (non-hydrogen) atoms. The van der Waals surface area contributed by atoms with Crippen molar-refractivity contribution in [3.05, 3.63) is 0 Å². The molecule has 0 saturated carbocycles. The number of carbonyl (C=O) groups excluding carboxylic acids is 2. The second-order valence-electron chi connectivity index (χ2n) is 22.9. The molecule has 0 aromatic carbocycles. The first-order valence-electron chi connectivity index (χ1n) is 34.2. The molecule has 0 radical (unpaired) electrons. The molecule has 1 fully saturated rings. The number of unbranched alkanes of at least 4 members (excludes halogenated alkanes) is 9. The maximum absolute atomic E-state index is 12.3. The number of amides is 2. The van der Waals surface area contributed by atoms with Crippen LogP contribution >= 0.6 is 0 Å². The van der Waals surface area contributed by atoms with Crippen LogP contribution in [0.15, 0.2) is 0 Å². The summed E-state index contributed by atoms with van der Waals surface area (Å²) in [5.41, 5.74) is 5.51. The molecule has 1 aliphatic rings. The van der Waals surface area contributed by atoms with Crippen LogP contribution in [-0.2, 0) is 42.7 Å². The van der Waals surface area contributed by atoms with Crippen molar-refractivity contribution in [3.8, 4) is 0 Å². The van der Waals surface area contributed by atoms with Crippen molar-refractivity contribution in [2.45, 2.75) is 276 Å². The second-order valence-corrected chi connectivity index (χ2v) is 22.9. The van der Waals surface area contributed by atoms with Gasteiger partial charge >= 0.3 is 0 Å². The largest absolute Gasteiger partial charge is 0.381 e. The van der Waals surface area contributed by atoms with Gasteiger partial charge in [0.2, 0.25) is 11.8 Å². The van der Waals surface area contributed by atoms with Crippen molar-refractivity contribution >= 4 is 11.8 Å². The van der Waals surface area contributed by atoms with Crippen LogP contribution in [-0.4, -0.2) is 150 Å². The molecular weight excluding hydrogens is 1010 g/mol. The van der Waals surface area contributed by atoms with Gasteiger partial charge in [0, 0.05) is 78.7 Å². The quantitative estimate of drug-likeness (QED) is 0.0407. The van der Waals surface area contributed by atoms with Gasteiger partial charge in [0.05, 0.1) is 25.9 Å². The molecule has 1 heterocycles. The lowest BCUT2D eigenvalue weighted by molar-refractivity contribution is -0.126. The third-order valence-corrected chi connectivity index (χ3v) is 15.2. The smallest absolute Gasteiger partial charge is 0.220 e. The van der Waals surface area contributed by atoms with Crippen molar-refractivity contribution in [1.29, 1.82) is 0 Å². The van der Waals surface area contributed by atoms with Gasteiger partial charge in [-0.15, -0.1) is 0 Å². The Morgan fingerprint density at radius 1 is 0.375 bits per heavy atom. The number of nitrogens with two attached hydrogens (primary N) is 1. The van der Waals surface area contributed by atoms with E-state index in [9.17, 15) is 9.59 Å². The lowest BCUT2D eigenvalue weighted by Crippen LogP contribution is -2.30. The highest BCUT2D eigenvalue weighted by molar-refractivity contribution is 5.83. The van der Waals surface area contributed by atoms with Crippen LogP contribution < -0.4 is 32.3 Å². The number of ether oxygens (including phenoxy) is 7. The topological polar surface area (TPSA) is 185 Å². The molecule has 0 aliphatic carbocycles. The van der Waals surface area contributed by atoms with E-state index in [-0.39, 0.29) is 30.8 Å². The van der Waals surface area contributed by atoms with Crippen LogP contribution in [0, 0.1) is 0 Å². The highest BCUT2D eigenvalue weighted by atomic mass is 16.7. The summed E-state index contributed by atoms with van der Waals surface area (Å²) in [6.07, 6.45) is 50.2. The lowest BCUT2D eigenvalue weighted by Gasteiger charge is -2.18. The molecule has 0 aromatic rings. The van der Waals surface area contributed by atoms with Gasteiger partial charge in [-0.05, 0) is 103 Å². The monoisotopic (exact) mass is 1140 g/mol. The van der Waals surface area contributed by atoms with Crippen LogP contribution in [0.25, 0.3) is 0 Å². The molecule has 0 bridgehead atoms. The molecule has 2 amide bonds. The minimum atomic E-state index is -0.0446. The van der Waals surface area contributed by atoms with E-state index in [4.69, 9.17) is 38.9 Å². The summed E-state index contributed by atoms with van der Waals surface area (Å²) in [7, 11) is 0. The highest BCUT2D eigenvalue weighted by Crippen LogP contribution is 2.16. The summed E-state index contributed by atoms with van der Waals surface area (Å²) in [5, 5.41) is 16.1. The minimum Gasteiger partial charge on any atom is -0.381 e.